The molecule has 1 unspecified atom stereocenters. The third-order valence-corrected chi connectivity index (χ3v) is 7.69. The Morgan fingerprint density at radius 1 is 1.18 bits per heavy atom. The zero-order valence-electron chi connectivity index (χ0n) is 17.2. The number of anilines is 3. The van der Waals surface area contributed by atoms with E-state index in [-0.39, 0.29) is 34.4 Å². The quantitative estimate of drug-likeness (QED) is 0.554. The smallest absolute Gasteiger partial charge is 0.247 e. The van der Waals surface area contributed by atoms with E-state index in [1.165, 1.54) is 28.7 Å². The van der Waals surface area contributed by atoms with Gasteiger partial charge in [0.2, 0.25) is 15.9 Å². The number of nitrogens with one attached hydrogen (secondary N) is 1. The van der Waals surface area contributed by atoms with Crippen LogP contribution in [-0.2, 0) is 14.8 Å². The Morgan fingerprint density at radius 3 is 2.67 bits per heavy atom. The first kappa shape index (κ1) is 22.8. The van der Waals surface area contributed by atoms with Crippen molar-refractivity contribution in [2.24, 2.45) is 0 Å². The maximum Gasteiger partial charge on any atom is 0.247 e. The molecule has 3 aromatic rings. The number of pyridine rings is 1. The van der Waals surface area contributed by atoms with E-state index in [2.05, 4.69) is 10.3 Å². The first-order valence-electron chi connectivity index (χ1n) is 10.0. The maximum atomic E-state index is 14.6. The van der Waals surface area contributed by atoms with Crippen LogP contribution in [-0.4, -0.2) is 31.1 Å². The molecule has 2 heterocycles. The highest BCUT2D eigenvalue weighted by Crippen LogP contribution is 2.34. The molecule has 2 aromatic carbocycles. The topological polar surface area (TPSA) is 115 Å². The Morgan fingerprint density at radius 2 is 1.94 bits per heavy atom. The summed E-state index contributed by atoms with van der Waals surface area (Å²) in [7, 11) is -3.93. The zero-order valence-corrected chi connectivity index (χ0v) is 18.8. The van der Waals surface area contributed by atoms with Gasteiger partial charge in [0, 0.05) is 30.6 Å². The molecular formula is C22H20ClFN4O4S. The lowest BCUT2D eigenvalue weighted by atomic mass is 10.2. The maximum absolute atomic E-state index is 14.6. The summed E-state index contributed by atoms with van der Waals surface area (Å²) < 4.78 is 47.4. The minimum absolute atomic E-state index is 0.0386. The molecule has 11 heteroatoms. The third kappa shape index (κ3) is 4.71. The number of hydrogen-bond acceptors (Lipinski definition) is 6. The number of nitrogens with zero attached hydrogens (tertiary/aromatic N) is 2. The van der Waals surface area contributed by atoms with Crippen LogP contribution in [0.4, 0.5) is 21.6 Å². The Balaban J connectivity index is 1.50. The van der Waals surface area contributed by atoms with E-state index in [4.69, 9.17) is 22.1 Å². The molecule has 1 aliphatic heterocycles. The average molecular weight is 491 g/mol. The summed E-state index contributed by atoms with van der Waals surface area (Å²) in [5.41, 5.74) is 6.21. The molecule has 1 atom stereocenters. The Bertz CT molecular complexity index is 1290. The van der Waals surface area contributed by atoms with Crippen LogP contribution < -0.4 is 20.1 Å². The molecule has 1 fully saturated rings. The second kappa shape index (κ2) is 9.24. The molecule has 0 aliphatic carbocycles. The third-order valence-electron chi connectivity index (χ3n) is 5.13. The summed E-state index contributed by atoms with van der Waals surface area (Å²) in [6.07, 6.45) is 2.05. The van der Waals surface area contributed by atoms with Crippen molar-refractivity contribution in [3.63, 3.8) is 0 Å². The molecular weight excluding hydrogens is 471 g/mol. The molecule has 0 bridgehead atoms. The number of rotatable bonds is 5. The van der Waals surface area contributed by atoms with Gasteiger partial charge in [0.1, 0.15) is 10.8 Å². The van der Waals surface area contributed by atoms with Crippen LogP contribution in [0.3, 0.4) is 0 Å². The average Bonchev–Trinajstić information content (AvgIpc) is 2.78. The van der Waals surface area contributed by atoms with Gasteiger partial charge in [0.15, 0.2) is 22.6 Å². The van der Waals surface area contributed by atoms with E-state index in [0.717, 1.165) is 6.07 Å². The molecule has 8 nitrogen and oxygen atoms in total. The summed E-state index contributed by atoms with van der Waals surface area (Å²) in [5.74, 6) is -1.50. The van der Waals surface area contributed by atoms with Crippen molar-refractivity contribution in [3.8, 4) is 11.5 Å². The highest BCUT2D eigenvalue weighted by atomic mass is 35.5. The molecule has 33 heavy (non-hydrogen) atoms. The monoisotopic (exact) mass is 490 g/mol. The van der Waals surface area contributed by atoms with E-state index in [9.17, 15) is 17.6 Å². The summed E-state index contributed by atoms with van der Waals surface area (Å²) in [5, 5.41) is 1.25. The Kier molecular flexibility index (Phi) is 6.39. The number of hydrogen-bond donors (Lipinski definition) is 2. The normalized spacial score (nSPS) is 17.4. The second-order valence-electron chi connectivity index (χ2n) is 7.33. The van der Waals surface area contributed by atoms with Crippen LogP contribution in [0.2, 0.25) is 5.02 Å². The number of nitrogen functional groups attached to an aromatic ring is 1. The number of nitrogens with two attached hydrogens (primary N) is 1. The number of sulfonamides is 1. The number of amides is 1. The van der Waals surface area contributed by atoms with E-state index in [1.54, 1.807) is 30.3 Å². The van der Waals surface area contributed by atoms with Crippen LogP contribution in [0.5, 0.6) is 11.5 Å². The van der Waals surface area contributed by atoms with Crippen molar-refractivity contribution in [3.05, 3.63) is 71.6 Å². The molecule has 3 N–H and O–H groups in total. The number of aromatic nitrogens is 1. The lowest BCUT2D eigenvalue weighted by Gasteiger charge is -2.33. The highest BCUT2D eigenvalue weighted by Gasteiger charge is 2.40. The van der Waals surface area contributed by atoms with Gasteiger partial charge in [-0.25, -0.2) is 17.8 Å². The van der Waals surface area contributed by atoms with Gasteiger partial charge >= 0.3 is 0 Å². The van der Waals surface area contributed by atoms with Gasteiger partial charge in [0.25, 0.3) is 0 Å². The van der Waals surface area contributed by atoms with Crippen molar-refractivity contribution < 1.29 is 22.3 Å². The predicted molar refractivity (Wildman–Crippen MR) is 124 cm³/mol. The number of carbonyl (C=O) groups excluding carboxylic acids is 1. The highest BCUT2D eigenvalue weighted by molar-refractivity contribution is 7.94. The van der Waals surface area contributed by atoms with Crippen molar-refractivity contribution in [2.45, 2.75) is 18.1 Å². The van der Waals surface area contributed by atoms with Crippen LogP contribution in [0.15, 0.2) is 60.8 Å². The lowest BCUT2D eigenvalue weighted by Crippen LogP contribution is -2.49. The van der Waals surface area contributed by atoms with Gasteiger partial charge in [-0.3, -0.25) is 9.10 Å². The fourth-order valence-electron chi connectivity index (χ4n) is 3.51. The van der Waals surface area contributed by atoms with Gasteiger partial charge in [-0.05, 0) is 37.1 Å². The lowest BCUT2D eigenvalue weighted by molar-refractivity contribution is -0.116. The van der Waals surface area contributed by atoms with Crippen LogP contribution >= 0.6 is 11.6 Å². The van der Waals surface area contributed by atoms with Gasteiger partial charge in [0.05, 0.1) is 5.69 Å². The summed E-state index contributed by atoms with van der Waals surface area (Å²) in [4.78, 5) is 16.6. The van der Waals surface area contributed by atoms with Crippen molar-refractivity contribution >= 4 is 44.7 Å². The fourth-order valence-corrected chi connectivity index (χ4v) is 5.56. The summed E-state index contributed by atoms with van der Waals surface area (Å²) in [6.45, 7) is 0.291. The first-order valence-corrected chi connectivity index (χ1v) is 11.9. The molecule has 0 spiro atoms. The molecule has 1 saturated heterocycles. The van der Waals surface area contributed by atoms with E-state index in [1.807, 2.05) is 0 Å². The standard InChI is InChI=1S/C22H20ClFN4O4S/c23-20-18(10-11-26-21(20)25)32-17-9-8-14(13-16(17)24)27-22(29)19-7-4-12-28(33(19,30)31)15-5-2-1-3-6-15/h1-3,5-6,8-11,13,19H,4,7,12H2,(H2,25,26)(H,27,29). The second-order valence-corrected chi connectivity index (χ2v) is 9.75. The van der Waals surface area contributed by atoms with Gasteiger partial charge in [-0.15, -0.1) is 0 Å². The van der Waals surface area contributed by atoms with E-state index in [0.29, 0.717) is 18.7 Å². The molecule has 0 saturated carbocycles. The molecule has 0 radical (unpaired) electrons. The SMILES string of the molecule is Nc1nccc(Oc2ccc(NC(=O)C3CCCN(c4ccccc4)S3(=O)=O)cc2F)c1Cl. The predicted octanol–water partition coefficient (Wildman–Crippen LogP) is 4.19. The van der Waals surface area contributed by atoms with E-state index >= 15 is 0 Å². The number of benzene rings is 2. The van der Waals surface area contributed by atoms with E-state index < -0.39 is 27.0 Å². The molecule has 4 rings (SSSR count). The van der Waals surface area contributed by atoms with Gasteiger partial charge < -0.3 is 15.8 Å². The number of carbonyl (C=O) groups is 1. The van der Waals surface area contributed by atoms with Crippen molar-refractivity contribution in [1.29, 1.82) is 0 Å². The number of halogens is 2. The van der Waals surface area contributed by atoms with Gasteiger partial charge in [-0.2, -0.15) is 0 Å². The van der Waals surface area contributed by atoms with Crippen molar-refractivity contribution in [2.75, 3.05) is 21.9 Å². The largest absolute Gasteiger partial charge is 0.453 e. The Hall–Kier alpha value is -3.37. The molecule has 1 aliphatic rings. The summed E-state index contributed by atoms with van der Waals surface area (Å²) >= 11 is 6.01. The molecule has 1 aromatic heterocycles. The zero-order chi connectivity index (χ0) is 23.6. The number of para-hydroxylation sites is 1. The molecule has 1 amide bonds. The van der Waals surface area contributed by atoms with Crippen molar-refractivity contribution in [1.82, 2.24) is 4.98 Å². The minimum Gasteiger partial charge on any atom is -0.453 e. The van der Waals surface area contributed by atoms with Crippen LogP contribution in [0.1, 0.15) is 12.8 Å². The van der Waals surface area contributed by atoms with Crippen LogP contribution in [0.25, 0.3) is 0 Å². The number of ether oxygens (including phenoxy) is 1. The Labute approximate surface area is 195 Å². The first-order chi connectivity index (χ1) is 15.8. The van der Waals surface area contributed by atoms with Crippen LogP contribution in [0, 0.1) is 5.82 Å². The summed E-state index contributed by atoms with van der Waals surface area (Å²) in [6, 6.07) is 13.8. The van der Waals surface area contributed by atoms with Gasteiger partial charge in [-0.1, -0.05) is 29.8 Å². The fraction of sp³-hybridized carbons (Fsp3) is 0.182. The minimum atomic E-state index is -3.93. The molecule has 172 valence electrons.